The molecule has 1 aromatic carbocycles. The van der Waals surface area contributed by atoms with Gasteiger partial charge in [-0.05, 0) is 39.7 Å². The number of benzene rings is 1. The molecule has 1 aromatic heterocycles. The molecule has 1 heterocycles. The third-order valence-corrected chi connectivity index (χ3v) is 3.28. The number of nitrogens with one attached hydrogen (secondary N) is 1. The fourth-order valence-electron chi connectivity index (χ4n) is 1.56. The van der Waals surface area contributed by atoms with Crippen molar-refractivity contribution in [2.24, 2.45) is 0 Å². The van der Waals surface area contributed by atoms with Crippen molar-refractivity contribution in [3.8, 4) is 5.88 Å². The summed E-state index contributed by atoms with van der Waals surface area (Å²) in [7, 11) is 1.53. The topological polar surface area (TPSA) is 51.2 Å². The van der Waals surface area contributed by atoms with Crippen LogP contribution in [0.5, 0.6) is 5.88 Å². The van der Waals surface area contributed by atoms with Crippen molar-refractivity contribution in [1.82, 2.24) is 10.3 Å². The monoisotopic (exact) mass is 338 g/mol. The van der Waals surface area contributed by atoms with Gasteiger partial charge in [-0.3, -0.25) is 4.79 Å². The second kappa shape index (κ2) is 6.47. The maximum absolute atomic E-state index is 13.3. The Morgan fingerprint density at radius 2 is 2.20 bits per heavy atom. The van der Waals surface area contributed by atoms with E-state index in [9.17, 15) is 9.18 Å². The Labute approximate surface area is 124 Å². The van der Waals surface area contributed by atoms with Crippen LogP contribution < -0.4 is 10.1 Å². The molecule has 1 N–H and O–H groups in total. The van der Waals surface area contributed by atoms with Gasteiger partial charge in [0.05, 0.1) is 11.6 Å². The van der Waals surface area contributed by atoms with E-state index in [1.165, 1.54) is 19.2 Å². The Balaban J connectivity index is 1.98. The summed E-state index contributed by atoms with van der Waals surface area (Å²) >= 11 is 3.04. The Bertz CT molecular complexity index is 617. The molecule has 1 amide bonds. The van der Waals surface area contributed by atoms with Crippen LogP contribution in [0.15, 0.2) is 41.0 Å². The molecule has 0 aliphatic heterocycles. The molecule has 0 aliphatic carbocycles. The van der Waals surface area contributed by atoms with Crippen LogP contribution in [0.4, 0.5) is 4.39 Å². The van der Waals surface area contributed by atoms with Crippen molar-refractivity contribution < 1.29 is 13.9 Å². The van der Waals surface area contributed by atoms with Crippen LogP contribution in [0, 0.1) is 5.82 Å². The summed E-state index contributed by atoms with van der Waals surface area (Å²) in [5.74, 6) is -0.300. The third-order valence-electron chi connectivity index (χ3n) is 2.64. The van der Waals surface area contributed by atoms with Gasteiger partial charge in [-0.25, -0.2) is 9.37 Å². The van der Waals surface area contributed by atoms with Gasteiger partial charge in [-0.15, -0.1) is 0 Å². The zero-order valence-electron chi connectivity index (χ0n) is 10.7. The van der Waals surface area contributed by atoms with Gasteiger partial charge in [0.15, 0.2) is 0 Å². The number of aromatic nitrogens is 1. The fourth-order valence-corrected chi connectivity index (χ4v) is 1.80. The van der Waals surface area contributed by atoms with Crippen LogP contribution in [0.3, 0.4) is 0 Å². The average Bonchev–Trinajstić information content (AvgIpc) is 2.48. The molecule has 2 rings (SSSR count). The Morgan fingerprint density at radius 3 is 2.80 bits per heavy atom. The van der Waals surface area contributed by atoms with E-state index in [1.54, 1.807) is 24.4 Å². The second-order valence-electron chi connectivity index (χ2n) is 4.02. The highest BCUT2D eigenvalue weighted by Gasteiger charge is 2.08. The maximum atomic E-state index is 13.3. The van der Waals surface area contributed by atoms with E-state index in [1.807, 2.05) is 0 Å². The van der Waals surface area contributed by atoms with Gasteiger partial charge in [0.2, 0.25) is 5.88 Å². The van der Waals surface area contributed by atoms with Crippen LogP contribution in [-0.2, 0) is 6.54 Å². The second-order valence-corrected chi connectivity index (χ2v) is 4.87. The number of rotatable bonds is 4. The minimum absolute atomic E-state index is 0.271. The molecule has 0 saturated heterocycles. The predicted octanol–water partition coefficient (Wildman–Crippen LogP) is 2.92. The molecular weight excluding hydrogens is 327 g/mol. The normalized spacial score (nSPS) is 10.2. The van der Waals surface area contributed by atoms with Gasteiger partial charge < -0.3 is 10.1 Å². The quantitative estimate of drug-likeness (QED) is 0.932. The number of hydrogen-bond acceptors (Lipinski definition) is 3. The van der Waals surface area contributed by atoms with E-state index in [2.05, 4.69) is 26.2 Å². The van der Waals surface area contributed by atoms with Crippen LogP contribution in [0.2, 0.25) is 0 Å². The van der Waals surface area contributed by atoms with Crippen LogP contribution in [0.1, 0.15) is 15.9 Å². The van der Waals surface area contributed by atoms with E-state index in [-0.39, 0.29) is 11.5 Å². The Kier molecular flexibility index (Phi) is 4.68. The molecule has 0 fully saturated rings. The Morgan fingerprint density at radius 1 is 1.40 bits per heavy atom. The van der Waals surface area contributed by atoms with Crippen molar-refractivity contribution in [2.75, 3.05) is 7.11 Å². The number of carbonyl (C=O) groups excluding carboxylic acids is 1. The number of ether oxygens (including phenoxy) is 1. The molecule has 0 atom stereocenters. The molecule has 0 spiro atoms. The number of methoxy groups -OCH3 is 1. The molecule has 0 radical (unpaired) electrons. The highest BCUT2D eigenvalue weighted by atomic mass is 79.9. The first kappa shape index (κ1) is 14.5. The minimum Gasteiger partial charge on any atom is -0.481 e. The highest BCUT2D eigenvalue weighted by molar-refractivity contribution is 9.10. The molecule has 0 unspecified atom stereocenters. The summed E-state index contributed by atoms with van der Waals surface area (Å²) in [5.41, 5.74) is 1.10. The molecular formula is C14H12BrFN2O2. The average molecular weight is 339 g/mol. The largest absolute Gasteiger partial charge is 0.481 e. The molecule has 20 heavy (non-hydrogen) atoms. The van der Waals surface area contributed by atoms with Crippen molar-refractivity contribution in [2.45, 2.75) is 6.54 Å². The fraction of sp³-hybridized carbons (Fsp3) is 0.143. The summed E-state index contributed by atoms with van der Waals surface area (Å²) < 4.78 is 18.6. The molecule has 0 bridgehead atoms. The van der Waals surface area contributed by atoms with Gasteiger partial charge in [-0.2, -0.15) is 0 Å². The first-order valence-electron chi connectivity index (χ1n) is 5.82. The number of halogens is 2. The lowest BCUT2D eigenvalue weighted by Crippen LogP contribution is -2.22. The highest BCUT2D eigenvalue weighted by Crippen LogP contribution is 2.16. The van der Waals surface area contributed by atoms with Crippen molar-refractivity contribution in [3.63, 3.8) is 0 Å². The number of hydrogen-bond donors (Lipinski definition) is 1. The summed E-state index contributed by atoms with van der Waals surface area (Å²) in [6.45, 7) is 0.313. The zero-order valence-corrected chi connectivity index (χ0v) is 12.3. The first-order chi connectivity index (χ1) is 9.60. The summed E-state index contributed by atoms with van der Waals surface area (Å²) in [5, 5.41) is 2.70. The first-order valence-corrected chi connectivity index (χ1v) is 6.61. The molecule has 0 saturated carbocycles. The van der Waals surface area contributed by atoms with E-state index in [0.717, 1.165) is 5.56 Å². The van der Waals surface area contributed by atoms with E-state index >= 15 is 0 Å². The lowest BCUT2D eigenvalue weighted by atomic mass is 10.2. The number of amides is 1. The number of pyridine rings is 1. The van der Waals surface area contributed by atoms with Gasteiger partial charge in [0.1, 0.15) is 5.82 Å². The standard InChI is InChI=1S/C14H12BrFN2O2/c1-20-13-5-2-9(7-17-13)8-18-14(19)10-3-4-11(15)12(16)6-10/h2-7H,8H2,1H3,(H,18,19). The van der Waals surface area contributed by atoms with Crippen molar-refractivity contribution in [1.29, 1.82) is 0 Å². The van der Waals surface area contributed by atoms with E-state index in [0.29, 0.717) is 16.9 Å². The van der Waals surface area contributed by atoms with Crippen LogP contribution in [0.25, 0.3) is 0 Å². The van der Waals surface area contributed by atoms with Gasteiger partial charge >= 0.3 is 0 Å². The molecule has 6 heteroatoms. The van der Waals surface area contributed by atoms with Crippen molar-refractivity contribution >= 4 is 21.8 Å². The van der Waals surface area contributed by atoms with Crippen LogP contribution >= 0.6 is 15.9 Å². The van der Waals surface area contributed by atoms with Crippen LogP contribution in [-0.4, -0.2) is 18.0 Å². The van der Waals surface area contributed by atoms with Gasteiger partial charge in [0, 0.05) is 24.4 Å². The zero-order chi connectivity index (χ0) is 14.5. The molecule has 2 aromatic rings. The summed E-state index contributed by atoms with van der Waals surface area (Å²) in [6.07, 6.45) is 1.61. The minimum atomic E-state index is -0.469. The van der Waals surface area contributed by atoms with E-state index in [4.69, 9.17) is 4.74 Å². The maximum Gasteiger partial charge on any atom is 0.251 e. The number of nitrogens with zero attached hydrogens (tertiary/aromatic N) is 1. The third kappa shape index (κ3) is 3.54. The molecule has 0 aliphatic rings. The van der Waals surface area contributed by atoms with Gasteiger partial charge in [0.25, 0.3) is 5.91 Å². The SMILES string of the molecule is COc1ccc(CNC(=O)c2ccc(Br)c(F)c2)cn1. The predicted molar refractivity (Wildman–Crippen MR) is 76.1 cm³/mol. The summed E-state index contributed by atoms with van der Waals surface area (Å²) in [6, 6.07) is 7.74. The lowest BCUT2D eigenvalue weighted by molar-refractivity contribution is 0.0950. The smallest absolute Gasteiger partial charge is 0.251 e. The van der Waals surface area contributed by atoms with Crippen molar-refractivity contribution in [3.05, 3.63) is 57.9 Å². The van der Waals surface area contributed by atoms with E-state index < -0.39 is 5.82 Å². The molecule has 4 nitrogen and oxygen atoms in total. The van der Waals surface area contributed by atoms with Gasteiger partial charge in [-0.1, -0.05) is 6.07 Å². The number of carbonyl (C=O) groups is 1. The summed E-state index contributed by atoms with van der Waals surface area (Å²) in [4.78, 5) is 15.9. The molecule has 104 valence electrons. The lowest BCUT2D eigenvalue weighted by Gasteiger charge is -2.06. The Hall–Kier alpha value is -1.95.